The maximum atomic E-state index is 10.1. The Morgan fingerprint density at radius 2 is 2.07 bits per heavy atom. The number of rotatable bonds is 0. The highest BCUT2D eigenvalue weighted by molar-refractivity contribution is 5.11. The quantitative estimate of drug-likeness (QED) is 0.628. The first-order valence-corrected chi connectivity index (χ1v) is 6.22. The Labute approximate surface area is 86.9 Å². The van der Waals surface area contributed by atoms with Gasteiger partial charge in [0.1, 0.15) is 0 Å². The van der Waals surface area contributed by atoms with Crippen molar-refractivity contribution in [3.63, 3.8) is 0 Å². The fourth-order valence-electron chi connectivity index (χ4n) is 4.94. The molecule has 14 heavy (non-hydrogen) atoms. The zero-order valence-electron chi connectivity index (χ0n) is 9.42. The number of fused-ring (bicyclic) bond motifs is 1. The molecule has 3 rings (SSSR count). The van der Waals surface area contributed by atoms with Crippen LogP contribution in [0.25, 0.3) is 0 Å². The van der Waals surface area contributed by atoms with Crippen LogP contribution in [0.2, 0.25) is 0 Å². The fourth-order valence-corrected chi connectivity index (χ4v) is 4.94. The lowest BCUT2D eigenvalue weighted by Gasteiger charge is -2.46. The van der Waals surface area contributed by atoms with E-state index >= 15 is 0 Å². The second kappa shape index (κ2) is 2.55. The van der Waals surface area contributed by atoms with Gasteiger partial charge in [-0.3, -0.25) is 0 Å². The van der Waals surface area contributed by atoms with Gasteiger partial charge in [0.05, 0.1) is 6.10 Å². The van der Waals surface area contributed by atoms with Crippen molar-refractivity contribution in [2.24, 2.45) is 22.7 Å². The van der Waals surface area contributed by atoms with E-state index in [1.54, 1.807) is 0 Å². The molecule has 0 aliphatic heterocycles. The highest BCUT2D eigenvalue weighted by Gasteiger charge is 2.61. The van der Waals surface area contributed by atoms with E-state index in [-0.39, 0.29) is 6.10 Å². The van der Waals surface area contributed by atoms with Gasteiger partial charge in [-0.1, -0.05) is 20.3 Å². The smallest absolute Gasteiger partial charge is 0.0573 e. The minimum absolute atomic E-state index is 0.0323. The van der Waals surface area contributed by atoms with Gasteiger partial charge in [0, 0.05) is 0 Å². The van der Waals surface area contributed by atoms with Crippen LogP contribution in [0.1, 0.15) is 52.4 Å². The molecule has 80 valence electrons. The van der Waals surface area contributed by atoms with Crippen molar-refractivity contribution in [3.8, 4) is 0 Å². The molecule has 0 aromatic heterocycles. The van der Waals surface area contributed by atoms with Gasteiger partial charge in [0.2, 0.25) is 0 Å². The van der Waals surface area contributed by atoms with Crippen LogP contribution in [0, 0.1) is 22.7 Å². The average molecular weight is 194 g/mol. The summed E-state index contributed by atoms with van der Waals surface area (Å²) in [5, 5.41) is 10.1. The molecule has 0 aromatic carbocycles. The Kier molecular flexibility index (Phi) is 1.68. The normalized spacial score (nSPS) is 54.6. The summed E-state index contributed by atoms with van der Waals surface area (Å²) in [5.41, 5.74) is 1.12. The van der Waals surface area contributed by atoms with Gasteiger partial charge in [-0.15, -0.1) is 0 Å². The van der Waals surface area contributed by atoms with Crippen molar-refractivity contribution in [3.05, 3.63) is 0 Å². The first-order chi connectivity index (χ1) is 6.54. The standard InChI is InChI=1S/C13H22O/c1-12(2)8-13-5-3-4-11(14)10(13)6-9(12)7-13/h9-11,14H,3-8H2,1-2H3/t9-,10+,11-,13+/m0/s1. The van der Waals surface area contributed by atoms with Crippen LogP contribution in [-0.4, -0.2) is 11.2 Å². The molecule has 0 amide bonds. The summed E-state index contributed by atoms with van der Waals surface area (Å²) in [6, 6.07) is 0. The topological polar surface area (TPSA) is 20.2 Å². The van der Waals surface area contributed by atoms with Crippen LogP contribution in [0.4, 0.5) is 0 Å². The molecule has 1 N–H and O–H groups in total. The van der Waals surface area contributed by atoms with Crippen molar-refractivity contribution >= 4 is 0 Å². The van der Waals surface area contributed by atoms with Crippen LogP contribution >= 0.6 is 0 Å². The zero-order chi connectivity index (χ0) is 9.97. The number of hydrogen-bond donors (Lipinski definition) is 1. The molecule has 0 unspecified atom stereocenters. The third-order valence-electron chi connectivity index (χ3n) is 5.53. The lowest BCUT2D eigenvalue weighted by Crippen LogP contribution is -2.41. The second-order valence-corrected chi connectivity index (χ2v) is 6.73. The predicted molar refractivity (Wildman–Crippen MR) is 56.9 cm³/mol. The van der Waals surface area contributed by atoms with E-state index in [0.29, 0.717) is 16.7 Å². The van der Waals surface area contributed by atoms with E-state index in [1.807, 2.05) is 0 Å². The molecule has 2 bridgehead atoms. The molecule has 0 radical (unpaired) electrons. The van der Waals surface area contributed by atoms with Gasteiger partial charge in [-0.2, -0.15) is 0 Å². The molecule has 3 aliphatic rings. The average Bonchev–Trinajstić information content (AvgIpc) is 2.54. The Bertz CT molecular complexity index is 258. The molecule has 3 aliphatic carbocycles. The van der Waals surface area contributed by atoms with E-state index in [1.165, 1.54) is 32.1 Å². The van der Waals surface area contributed by atoms with Gasteiger partial charge in [-0.05, 0) is 54.8 Å². The molecule has 4 atom stereocenters. The van der Waals surface area contributed by atoms with E-state index < -0.39 is 0 Å². The van der Waals surface area contributed by atoms with E-state index in [4.69, 9.17) is 0 Å². The van der Waals surface area contributed by atoms with Crippen molar-refractivity contribution in [2.75, 3.05) is 0 Å². The van der Waals surface area contributed by atoms with Gasteiger partial charge in [-0.25, -0.2) is 0 Å². The highest BCUT2D eigenvalue weighted by Crippen LogP contribution is 2.69. The molecule has 3 fully saturated rings. The molecule has 0 heterocycles. The van der Waals surface area contributed by atoms with Gasteiger partial charge >= 0.3 is 0 Å². The number of hydrogen-bond acceptors (Lipinski definition) is 1. The Morgan fingerprint density at radius 1 is 1.29 bits per heavy atom. The summed E-state index contributed by atoms with van der Waals surface area (Å²) in [6.45, 7) is 4.87. The second-order valence-electron chi connectivity index (χ2n) is 6.73. The summed E-state index contributed by atoms with van der Waals surface area (Å²) < 4.78 is 0. The van der Waals surface area contributed by atoms with Gasteiger partial charge < -0.3 is 5.11 Å². The lowest BCUT2D eigenvalue weighted by atomic mass is 9.60. The minimum atomic E-state index is 0.0323. The van der Waals surface area contributed by atoms with Crippen molar-refractivity contribution in [1.29, 1.82) is 0 Å². The molecule has 0 saturated heterocycles. The molecule has 1 spiro atoms. The molecule has 1 nitrogen and oxygen atoms in total. The fraction of sp³-hybridized carbons (Fsp3) is 1.00. The summed E-state index contributed by atoms with van der Waals surface area (Å²) in [4.78, 5) is 0. The first-order valence-electron chi connectivity index (χ1n) is 6.22. The largest absolute Gasteiger partial charge is 0.393 e. The van der Waals surface area contributed by atoms with Gasteiger partial charge in [0.15, 0.2) is 0 Å². The summed E-state index contributed by atoms with van der Waals surface area (Å²) in [7, 11) is 0. The van der Waals surface area contributed by atoms with E-state index in [9.17, 15) is 5.11 Å². The zero-order valence-corrected chi connectivity index (χ0v) is 9.42. The minimum Gasteiger partial charge on any atom is -0.393 e. The van der Waals surface area contributed by atoms with Crippen molar-refractivity contribution in [1.82, 2.24) is 0 Å². The SMILES string of the molecule is CC1(C)C[C@]23CCC[C@H](O)[C@H]2C[C@H]1C3. The monoisotopic (exact) mass is 194 g/mol. The molecular weight excluding hydrogens is 172 g/mol. The Morgan fingerprint density at radius 3 is 2.79 bits per heavy atom. The molecule has 3 saturated carbocycles. The van der Waals surface area contributed by atoms with E-state index in [0.717, 1.165) is 12.3 Å². The maximum absolute atomic E-state index is 10.1. The maximum Gasteiger partial charge on any atom is 0.0573 e. The summed E-state index contributed by atoms with van der Waals surface area (Å²) in [5.74, 6) is 1.56. The Hall–Kier alpha value is -0.0400. The van der Waals surface area contributed by atoms with Crippen molar-refractivity contribution in [2.45, 2.75) is 58.5 Å². The van der Waals surface area contributed by atoms with Gasteiger partial charge in [0.25, 0.3) is 0 Å². The molecular formula is C13H22O. The third kappa shape index (κ3) is 0.997. The van der Waals surface area contributed by atoms with Crippen LogP contribution < -0.4 is 0 Å². The van der Waals surface area contributed by atoms with Crippen LogP contribution in [0.3, 0.4) is 0 Å². The summed E-state index contributed by atoms with van der Waals surface area (Å²) in [6.07, 6.45) is 7.88. The summed E-state index contributed by atoms with van der Waals surface area (Å²) >= 11 is 0. The molecule has 1 heteroatoms. The van der Waals surface area contributed by atoms with Crippen LogP contribution in [0.15, 0.2) is 0 Å². The van der Waals surface area contributed by atoms with E-state index in [2.05, 4.69) is 13.8 Å². The van der Waals surface area contributed by atoms with Crippen molar-refractivity contribution < 1.29 is 5.11 Å². The lowest BCUT2D eigenvalue weighted by molar-refractivity contribution is -0.0356. The first kappa shape index (κ1) is 9.21. The third-order valence-corrected chi connectivity index (χ3v) is 5.53. The van der Waals surface area contributed by atoms with Crippen LogP contribution in [-0.2, 0) is 0 Å². The highest BCUT2D eigenvalue weighted by atomic mass is 16.3. The molecule has 0 aromatic rings. The van der Waals surface area contributed by atoms with Crippen LogP contribution in [0.5, 0.6) is 0 Å². The number of aliphatic hydroxyl groups is 1. The number of aliphatic hydroxyl groups excluding tert-OH is 1. The predicted octanol–water partition coefficient (Wildman–Crippen LogP) is 2.97. The Balaban J connectivity index is 1.93.